The largest absolute Gasteiger partial charge is 0.445 e. The molecule has 1 aromatic rings. The molecular weight excluding hydrogens is 350 g/mol. The number of esters is 1. The van der Waals surface area contributed by atoms with Crippen LogP contribution in [0.5, 0.6) is 0 Å². The molecular formula is C21H30ClNO3. The molecule has 1 saturated heterocycles. The number of nitrogens with zero attached hydrogens (tertiary/aromatic N) is 1. The second kappa shape index (κ2) is 11.2. The molecule has 2 unspecified atom stereocenters. The maximum absolute atomic E-state index is 12.0. The van der Waals surface area contributed by atoms with E-state index in [1.54, 1.807) is 0 Å². The Morgan fingerprint density at radius 1 is 1.31 bits per heavy atom. The Morgan fingerprint density at radius 2 is 2.04 bits per heavy atom. The Hall–Kier alpha value is -1.54. The van der Waals surface area contributed by atoms with Crippen LogP contribution in [0.25, 0.3) is 0 Å². The third kappa shape index (κ3) is 6.32. The van der Waals surface area contributed by atoms with Crippen LogP contribution in [0.4, 0.5) is 0 Å². The first kappa shape index (κ1) is 22.5. The number of hydrogen-bond acceptors (Lipinski definition) is 4. The molecule has 2 atom stereocenters. The fourth-order valence-corrected chi connectivity index (χ4v) is 3.08. The van der Waals surface area contributed by atoms with Gasteiger partial charge >= 0.3 is 5.97 Å². The number of piperidine rings is 1. The average molecular weight is 380 g/mol. The topological polar surface area (TPSA) is 38.8 Å². The lowest BCUT2D eigenvalue weighted by atomic mass is 9.82. The van der Waals surface area contributed by atoms with Gasteiger partial charge in [0.15, 0.2) is 5.60 Å². The van der Waals surface area contributed by atoms with Crippen LogP contribution in [0, 0.1) is 17.8 Å². The summed E-state index contributed by atoms with van der Waals surface area (Å²) in [6.45, 7) is 10.0. The SMILES string of the molecule is CCOCCN1CCC(C#Cc2ccccc2)(OC(=O)CC)C(C)C1.Cl. The molecule has 144 valence electrons. The summed E-state index contributed by atoms with van der Waals surface area (Å²) in [4.78, 5) is 14.4. The molecule has 5 heteroatoms. The Balaban J connectivity index is 0.00000338. The van der Waals surface area contributed by atoms with Crippen molar-refractivity contribution in [1.29, 1.82) is 0 Å². The predicted octanol–water partition coefficient (Wildman–Crippen LogP) is 3.53. The summed E-state index contributed by atoms with van der Waals surface area (Å²) in [7, 11) is 0. The van der Waals surface area contributed by atoms with Gasteiger partial charge in [-0.1, -0.05) is 38.0 Å². The molecule has 2 rings (SSSR count). The zero-order valence-corrected chi connectivity index (χ0v) is 16.8. The van der Waals surface area contributed by atoms with Gasteiger partial charge in [0.05, 0.1) is 6.61 Å². The molecule has 0 aliphatic carbocycles. The van der Waals surface area contributed by atoms with E-state index in [1.165, 1.54) is 0 Å². The van der Waals surface area contributed by atoms with E-state index in [0.29, 0.717) is 6.42 Å². The van der Waals surface area contributed by atoms with Gasteiger partial charge in [-0.3, -0.25) is 4.79 Å². The third-order valence-electron chi connectivity index (χ3n) is 4.66. The highest BCUT2D eigenvalue weighted by molar-refractivity contribution is 5.85. The Morgan fingerprint density at radius 3 is 2.65 bits per heavy atom. The molecule has 0 N–H and O–H groups in total. The average Bonchev–Trinajstić information content (AvgIpc) is 2.63. The quantitative estimate of drug-likeness (QED) is 0.430. The van der Waals surface area contributed by atoms with Crippen molar-refractivity contribution in [2.45, 2.75) is 39.2 Å². The van der Waals surface area contributed by atoms with Crippen LogP contribution in [0.1, 0.15) is 39.2 Å². The van der Waals surface area contributed by atoms with Crippen molar-refractivity contribution in [1.82, 2.24) is 4.90 Å². The molecule has 0 aromatic heterocycles. The normalized spacial score (nSPS) is 22.7. The van der Waals surface area contributed by atoms with Crippen LogP contribution >= 0.6 is 12.4 Å². The lowest BCUT2D eigenvalue weighted by Crippen LogP contribution is -2.53. The van der Waals surface area contributed by atoms with E-state index < -0.39 is 5.60 Å². The van der Waals surface area contributed by atoms with Crippen LogP contribution in [0.3, 0.4) is 0 Å². The van der Waals surface area contributed by atoms with Gasteiger partial charge in [0.25, 0.3) is 0 Å². The van der Waals surface area contributed by atoms with E-state index in [-0.39, 0.29) is 24.3 Å². The Bertz CT molecular complexity index is 611. The minimum atomic E-state index is -0.703. The summed E-state index contributed by atoms with van der Waals surface area (Å²) in [5.41, 5.74) is 0.241. The van der Waals surface area contributed by atoms with Gasteiger partial charge in [0, 0.05) is 50.6 Å². The van der Waals surface area contributed by atoms with Gasteiger partial charge in [0.1, 0.15) is 0 Å². The first-order valence-corrected chi connectivity index (χ1v) is 9.19. The standard InChI is InChI=1S/C21H29NO3.ClH/c1-4-20(23)25-21(12-11-19-9-7-6-8-10-19)13-14-22(17-18(21)3)15-16-24-5-2;/h6-10,18H,4-5,13-17H2,1-3H3;1H. The fraction of sp³-hybridized carbons (Fsp3) is 0.571. The lowest BCUT2D eigenvalue weighted by molar-refractivity contribution is -0.162. The number of ether oxygens (including phenoxy) is 2. The molecule has 0 spiro atoms. The van der Waals surface area contributed by atoms with Crippen LogP contribution in [0.15, 0.2) is 30.3 Å². The second-order valence-electron chi connectivity index (χ2n) is 6.48. The van der Waals surface area contributed by atoms with Gasteiger partial charge < -0.3 is 14.4 Å². The van der Waals surface area contributed by atoms with Crippen molar-refractivity contribution < 1.29 is 14.3 Å². The maximum Gasteiger partial charge on any atom is 0.307 e. The molecule has 1 aliphatic heterocycles. The number of hydrogen-bond donors (Lipinski definition) is 0. The van der Waals surface area contributed by atoms with Gasteiger partial charge in [-0.25, -0.2) is 0 Å². The summed E-state index contributed by atoms with van der Waals surface area (Å²) in [6.07, 6.45) is 1.10. The van der Waals surface area contributed by atoms with E-state index in [4.69, 9.17) is 9.47 Å². The maximum atomic E-state index is 12.0. The number of carbonyl (C=O) groups is 1. The van der Waals surface area contributed by atoms with Crippen LogP contribution < -0.4 is 0 Å². The molecule has 0 radical (unpaired) electrons. The van der Waals surface area contributed by atoms with Gasteiger partial charge in [0.2, 0.25) is 0 Å². The minimum Gasteiger partial charge on any atom is -0.445 e. The number of likely N-dealkylation sites (tertiary alicyclic amines) is 1. The summed E-state index contributed by atoms with van der Waals surface area (Å²) >= 11 is 0. The van der Waals surface area contributed by atoms with E-state index in [9.17, 15) is 4.79 Å². The molecule has 26 heavy (non-hydrogen) atoms. The minimum absolute atomic E-state index is 0. The summed E-state index contributed by atoms with van der Waals surface area (Å²) < 4.78 is 11.3. The molecule has 4 nitrogen and oxygen atoms in total. The van der Waals surface area contributed by atoms with Crippen molar-refractivity contribution >= 4 is 18.4 Å². The zero-order valence-electron chi connectivity index (χ0n) is 16.0. The number of carbonyl (C=O) groups excluding carboxylic acids is 1. The first-order chi connectivity index (χ1) is 12.1. The molecule has 0 saturated carbocycles. The molecule has 1 fully saturated rings. The number of halogens is 1. The molecule has 1 heterocycles. The Labute approximate surface area is 163 Å². The fourth-order valence-electron chi connectivity index (χ4n) is 3.08. The van der Waals surface area contributed by atoms with Crippen LogP contribution in [-0.2, 0) is 14.3 Å². The Kier molecular flexibility index (Phi) is 9.72. The monoisotopic (exact) mass is 379 g/mol. The van der Waals surface area contributed by atoms with Gasteiger partial charge in [-0.05, 0) is 25.0 Å². The van der Waals surface area contributed by atoms with Crippen molar-refractivity contribution in [3.05, 3.63) is 35.9 Å². The van der Waals surface area contributed by atoms with E-state index in [0.717, 1.165) is 44.8 Å². The van der Waals surface area contributed by atoms with E-state index in [2.05, 4.69) is 23.7 Å². The predicted molar refractivity (Wildman–Crippen MR) is 106 cm³/mol. The summed E-state index contributed by atoms with van der Waals surface area (Å²) in [6, 6.07) is 9.86. The van der Waals surface area contributed by atoms with Gasteiger partial charge in [-0.2, -0.15) is 0 Å². The highest BCUT2D eigenvalue weighted by atomic mass is 35.5. The molecule has 1 aromatic carbocycles. The molecule has 1 aliphatic rings. The van der Waals surface area contributed by atoms with Crippen LogP contribution in [0.2, 0.25) is 0 Å². The van der Waals surface area contributed by atoms with Crippen molar-refractivity contribution in [3.8, 4) is 11.8 Å². The van der Waals surface area contributed by atoms with Crippen molar-refractivity contribution in [3.63, 3.8) is 0 Å². The lowest BCUT2D eigenvalue weighted by Gasteiger charge is -2.42. The highest BCUT2D eigenvalue weighted by Crippen LogP contribution is 2.32. The van der Waals surface area contributed by atoms with E-state index >= 15 is 0 Å². The van der Waals surface area contributed by atoms with Gasteiger partial charge in [-0.15, -0.1) is 12.4 Å². The summed E-state index contributed by atoms with van der Waals surface area (Å²) in [5.74, 6) is 6.48. The first-order valence-electron chi connectivity index (χ1n) is 9.19. The summed E-state index contributed by atoms with van der Waals surface area (Å²) in [5, 5.41) is 0. The zero-order chi connectivity index (χ0) is 18.1. The second-order valence-corrected chi connectivity index (χ2v) is 6.48. The van der Waals surface area contributed by atoms with Crippen molar-refractivity contribution in [2.75, 3.05) is 32.8 Å². The molecule has 0 bridgehead atoms. The number of benzene rings is 1. The third-order valence-corrected chi connectivity index (χ3v) is 4.66. The molecule has 0 amide bonds. The van der Waals surface area contributed by atoms with Crippen LogP contribution in [-0.4, -0.2) is 49.3 Å². The highest BCUT2D eigenvalue weighted by Gasteiger charge is 2.42. The van der Waals surface area contributed by atoms with Crippen molar-refractivity contribution in [2.24, 2.45) is 5.92 Å². The number of rotatable bonds is 6. The van der Waals surface area contributed by atoms with E-state index in [1.807, 2.05) is 44.2 Å². The smallest absolute Gasteiger partial charge is 0.307 e.